The molecule has 3 heterocycles. The molecule has 1 fully saturated rings. The summed E-state index contributed by atoms with van der Waals surface area (Å²) in [6, 6.07) is 11.7. The van der Waals surface area contributed by atoms with Gasteiger partial charge < -0.3 is 15.4 Å². The molecule has 10 heteroatoms. The Bertz CT molecular complexity index is 1350. The van der Waals surface area contributed by atoms with Crippen LogP contribution in [0.15, 0.2) is 48.8 Å². The Hall–Kier alpha value is -3.74. The maximum atomic E-state index is 13.5. The van der Waals surface area contributed by atoms with Crippen molar-refractivity contribution in [2.75, 3.05) is 23.8 Å². The summed E-state index contributed by atoms with van der Waals surface area (Å²) < 4.78 is 19.4. The van der Waals surface area contributed by atoms with Gasteiger partial charge in [-0.2, -0.15) is 20.7 Å². The zero-order valence-electron chi connectivity index (χ0n) is 18.8. The molecule has 5 rings (SSSR count). The molecule has 178 valence electrons. The van der Waals surface area contributed by atoms with Gasteiger partial charge in [0.1, 0.15) is 17.6 Å². The lowest BCUT2D eigenvalue weighted by molar-refractivity contribution is 0.0248. The zero-order valence-corrected chi connectivity index (χ0v) is 19.5. The standard InChI is InChI=1S/C25H23ClFN7O/c26-21-10-18(32-24(22-14-31-34-33-22)15-4-6-17(27)7-5-15)9-20-23(16(11-28)12-29-25(20)21)30-13-19-3-1-2-8-35-19/h4-7,9-10,12,14,19,24,32H,1-3,8,13H2,(H,29,30)(H,31,33,34). The smallest absolute Gasteiger partial charge is 0.123 e. The van der Waals surface area contributed by atoms with Crippen LogP contribution < -0.4 is 10.6 Å². The Morgan fingerprint density at radius 2 is 2.09 bits per heavy atom. The fourth-order valence-corrected chi connectivity index (χ4v) is 4.57. The number of halogens is 2. The number of nitrogens with one attached hydrogen (secondary N) is 3. The number of nitriles is 1. The molecule has 2 aromatic carbocycles. The van der Waals surface area contributed by atoms with Gasteiger partial charge in [-0.05, 0) is 49.1 Å². The van der Waals surface area contributed by atoms with Crippen molar-refractivity contribution in [1.29, 1.82) is 5.26 Å². The average molecular weight is 492 g/mol. The first kappa shape index (κ1) is 23.0. The van der Waals surface area contributed by atoms with Crippen molar-refractivity contribution in [2.45, 2.75) is 31.4 Å². The van der Waals surface area contributed by atoms with E-state index < -0.39 is 6.04 Å². The van der Waals surface area contributed by atoms with Crippen LogP contribution in [0.1, 0.15) is 42.1 Å². The summed E-state index contributed by atoms with van der Waals surface area (Å²) in [5.41, 5.74) is 3.79. The van der Waals surface area contributed by atoms with Gasteiger partial charge in [0, 0.05) is 30.4 Å². The molecule has 35 heavy (non-hydrogen) atoms. The zero-order chi connectivity index (χ0) is 24.2. The van der Waals surface area contributed by atoms with Crippen LogP contribution in [0.4, 0.5) is 15.8 Å². The second-order valence-electron chi connectivity index (χ2n) is 8.41. The van der Waals surface area contributed by atoms with Gasteiger partial charge in [-0.25, -0.2) is 4.39 Å². The van der Waals surface area contributed by atoms with Crippen LogP contribution >= 0.6 is 11.6 Å². The summed E-state index contributed by atoms with van der Waals surface area (Å²) in [4.78, 5) is 4.42. The summed E-state index contributed by atoms with van der Waals surface area (Å²) in [6.45, 7) is 1.33. The van der Waals surface area contributed by atoms with E-state index in [0.29, 0.717) is 45.1 Å². The van der Waals surface area contributed by atoms with Crippen LogP contribution in [0, 0.1) is 17.1 Å². The number of aromatic nitrogens is 4. The molecule has 2 unspecified atom stereocenters. The van der Waals surface area contributed by atoms with Crippen molar-refractivity contribution in [3.8, 4) is 6.07 Å². The monoisotopic (exact) mass is 491 g/mol. The van der Waals surface area contributed by atoms with E-state index in [2.05, 4.69) is 37.1 Å². The number of fused-ring (bicyclic) bond motifs is 1. The first-order valence-electron chi connectivity index (χ1n) is 11.4. The van der Waals surface area contributed by atoms with E-state index in [1.54, 1.807) is 24.4 Å². The third-order valence-corrected chi connectivity index (χ3v) is 6.36. The van der Waals surface area contributed by atoms with E-state index in [9.17, 15) is 9.65 Å². The number of aromatic amines is 1. The van der Waals surface area contributed by atoms with Crippen molar-refractivity contribution < 1.29 is 9.13 Å². The third kappa shape index (κ3) is 5.04. The van der Waals surface area contributed by atoms with Crippen molar-refractivity contribution in [2.24, 2.45) is 0 Å². The quantitative estimate of drug-likeness (QED) is 0.326. The van der Waals surface area contributed by atoms with Crippen LogP contribution in [0.25, 0.3) is 10.9 Å². The lowest BCUT2D eigenvalue weighted by Crippen LogP contribution is -2.27. The van der Waals surface area contributed by atoms with Crippen LogP contribution in [-0.2, 0) is 4.74 Å². The Morgan fingerprint density at radius 3 is 2.80 bits per heavy atom. The van der Waals surface area contributed by atoms with Gasteiger partial charge >= 0.3 is 0 Å². The molecular formula is C25H23ClFN7O. The first-order chi connectivity index (χ1) is 17.1. The van der Waals surface area contributed by atoms with Gasteiger partial charge in [-0.15, -0.1) is 0 Å². The highest BCUT2D eigenvalue weighted by atomic mass is 35.5. The van der Waals surface area contributed by atoms with Gasteiger partial charge in [0.05, 0.1) is 40.1 Å². The lowest BCUT2D eigenvalue weighted by atomic mass is 10.0. The lowest BCUT2D eigenvalue weighted by Gasteiger charge is -2.24. The first-order valence-corrected chi connectivity index (χ1v) is 11.8. The third-order valence-electron chi connectivity index (χ3n) is 6.07. The number of pyridine rings is 1. The van der Waals surface area contributed by atoms with Crippen LogP contribution in [0.2, 0.25) is 5.02 Å². The number of benzene rings is 2. The molecule has 1 aliphatic heterocycles. The molecule has 1 aliphatic rings. The number of hydrogen-bond donors (Lipinski definition) is 3. The summed E-state index contributed by atoms with van der Waals surface area (Å²) in [6.07, 6.45) is 6.40. The number of rotatable bonds is 7. The molecule has 3 N–H and O–H groups in total. The molecular weight excluding hydrogens is 469 g/mol. The maximum absolute atomic E-state index is 13.5. The fourth-order valence-electron chi connectivity index (χ4n) is 4.30. The average Bonchev–Trinajstić information content (AvgIpc) is 3.42. The van der Waals surface area contributed by atoms with Crippen molar-refractivity contribution in [3.05, 3.63) is 76.5 Å². The van der Waals surface area contributed by atoms with E-state index in [1.807, 2.05) is 6.07 Å². The number of anilines is 2. The molecule has 8 nitrogen and oxygen atoms in total. The predicted octanol–water partition coefficient (Wildman–Crippen LogP) is 5.20. The highest BCUT2D eigenvalue weighted by Gasteiger charge is 2.20. The predicted molar refractivity (Wildman–Crippen MR) is 132 cm³/mol. The van der Waals surface area contributed by atoms with Crippen LogP contribution in [-0.4, -0.2) is 39.7 Å². The van der Waals surface area contributed by atoms with Crippen LogP contribution in [0.5, 0.6) is 0 Å². The molecule has 0 bridgehead atoms. The minimum Gasteiger partial charge on any atom is -0.381 e. The van der Waals surface area contributed by atoms with Gasteiger partial charge in [-0.1, -0.05) is 23.7 Å². The SMILES string of the molecule is N#Cc1cnc2c(Cl)cc(NC(c3ccc(F)cc3)c3cn[nH]n3)cc2c1NCC1CCCCO1. The number of ether oxygens (including phenoxy) is 1. The van der Waals surface area contributed by atoms with E-state index in [1.165, 1.54) is 18.3 Å². The van der Waals surface area contributed by atoms with E-state index >= 15 is 0 Å². The van der Waals surface area contributed by atoms with Crippen molar-refractivity contribution >= 4 is 33.9 Å². The highest BCUT2D eigenvalue weighted by Crippen LogP contribution is 2.35. The molecule has 1 saturated heterocycles. The normalized spacial score (nSPS) is 16.5. The summed E-state index contributed by atoms with van der Waals surface area (Å²) in [5, 5.41) is 28.5. The highest BCUT2D eigenvalue weighted by molar-refractivity contribution is 6.35. The second-order valence-corrected chi connectivity index (χ2v) is 8.81. The molecule has 0 radical (unpaired) electrons. The Morgan fingerprint density at radius 1 is 1.23 bits per heavy atom. The van der Waals surface area contributed by atoms with Gasteiger partial charge in [-0.3, -0.25) is 4.98 Å². The number of nitrogens with zero attached hydrogens (tertiary/aromatic N) is 4. The molecule has 2 atom stereocenters. The summed E-state index contributed by atoms with van der Waals surface area (Å²) in [7, 11) is 0. The van der Waals surface area contributed by atoms with Gasteiger partial charge in [0.15, 0.2) is 0 Å². The fraction of sp³-hybridized carbons (Fsp3) is 0.280. The largest absolute Gasteiger partial charge is 0.381 e. The minimum absolute atomic E-state index is 0.0882. The van der Waals surface area contributed by atoms with Crippen molar-refractivity contribution in [3.63, 3.8) is 0 Å². The number of H-pyrrole nitrogens is 1. The van der Waals surface area contributed by atoms with E-state index in [4.69, 9.17) is 16.3 Å². The van der Waals surface area contributed by atoms with Gasteiger partial charge in [0.2, 0.25) is 0 Å². The molecule has 0 spiro atoms. The molecule has 0 amide bonds. The molecule has 2 aromatic heterocycles. The van der Waals surface area contributed by atoms with Gasteiger partial charge in [0.25, 0.3) is 0 Å². The van der Waals surface area contributed by atoms with E-state index in [-0.39, 0.29) is 11.9 Å². The molecule has 4 aromatic rings. The molecule has 0 aliphatic carbocycles. The Balaban J connectivity index is 1.52. The van der Waals surface area contributed by atoms with E-state index in [0.717, 1.165) is 31.4 Å². The second kappa shape index (κ2) is 10.3. The summed E-state index contributed by atoms with van der Waals surface area (Å²) >= 11 is 6.63. The molecule has 0 saturated carbocycles. The number of hydrogen-bond acceptors (Lipinski definition) is 7. The minimum atomic E-state index is -0.415. The topological polar surface area (TPSA) is 112 Å². The Labute approximate surface area is 206 Å². The Kier molecular flexibility index (Phi) is 6.75. The summed E-state index contributed by atoms with van der Waals surface area (Å²) in [5.74, 6) is -0.325. The van der Waals surface area contributed by atoms with Crippen LogP contribution in [0.3, 0.4) is 0 Å². The van der Waals surface area contributed by atoms with Crippen molar-refractivity contribution in [1.82, 2.24) is 20.4 Å². The maximum Gasteiger partial charge on any atom is 0.123 e.